The van der Waals surface area contributed by atoms with Gasteiger partial charge in [0.2, 0.25) is 0 Å². The molecule has 2 rings (SSSR count). The van der Waals surface area contributed by atoms with Gasteiger partial charge in [-0.1, -0.05) is 42.0 Å². The highest BCUT2D eigenvalue weighted by Gasteiger charge is 2.07. The molecule has 3 heteroatoms. The lowest BCUT2D eigenvalue weighted by Gasteiger charge is -2.09. The summed E-state index contributed by atoms with van der Waals surface area (Å²) in [6.45, 7) is 1.99. The molecule has 0 spiro atoms. The SMILES string of the molecule is COc1cccc(/C=C/C(=O)c2ccc(C)cc2)c1OC. The monoisotopic (exact) mass is 282 g/mol. The van der Waals surface area contributed by atoms with Crippen LogP contribution >= 0.6 is 0 Å². The van der Waals surface area contributed by atoms with Crippen LogP contribution in [0.2, 0.25) is 0 Å². The van der Waals surface area contributed by atoms with Crippen molar-refractivity contribution in [3.8, 4) is 11.5 Å². The van der Waals surface area contributed by atoms with Crippen LogP contribution < -0.4 is 9.47 Å². The van der Waals surface area contributed by atoms with E-state index < -0.39 is 0 Å². The van der Waals surface area contributed by atoms with Crippen molar-refractivity contribution in [3.63, 3.8) is 0 Å². The molecule has 0 aliphatic heterocycles. The van der Waals surface area contributed by atoms with E-state index in [9.17, 15) is 4.79 Å². The first-order valence-electron chi connectivity index (χ1n) is 6.65. The molecular formula is C18H18O3. The molecule has 0 amide bonds. The van der Waals surface area contributed by atoms with Crippen LogP contribution in [0.1, 0.15) is 21.5 Å². The molecule has 2 aromatic rings. The molecule has 0 saturated carbocycles. The molecule has 0 saturated heterocycles. The van der Waals surface area contributed by atoms with Gasteiger partial charge in [0.25, 0.3) is 0 Å². The normalized spacial score (nSPS) is 10.6. The van der Waals surface area contributed by atoms with E-state index >= 15 is 0 Å². The third-order valence-electron chi connectivity index (χ3n) is 3.18. The van der Waals surface area contributed by atoms with Crippen LogP contribution in [0.25, 0.3) is 6.08 Å². The minimum absolute atomic E-state index is 0.0418. The molecule has 0 atom stereocenters. The summed E-state index contributed by atoms with van der Waals surface area (Å²) in [6.07, 6.45) is 3.28. The van der Waals surface area contributed by atoms with Crippen LogP contribution in [-0.4, -0.2) is 20.0 Å². The Balaban J connectivity index is 2.25. The Kier molecular flexibility index (Phi) is 4.77. The summed E-state index contributed by atoms with van der Waals surface area (Å²) in [5.74, 6) is 1.22. The first-order chi connectivity index (χ1) is 10.2. The van der Waals surface area contributed by atoms with Gasteiger partial charge < -0.3 is 9.47 Å². The van der Waals surface area contributed by atoms with Gasteiger partial charge in [-0.2, -0.15) is 0 Å². The summed E-state index contributed by atoms with van der Waals surface area (Å²) in [5, 5.41) is 0. The van der Waals surface area contributed by atoms with Crippen molar-refractivity contribution in [2.75, 3.05) is 14.2 Å². The Morgan fingerprint density at radius 3 is 2.33 bits per heavy atom. The predicted molar refractivity (Wildman–Crippen MR) is 84.1 cm³/mol. The van der Waals surface area contributed by atoms with Crippen LogP contribution in [0.5, 0.6) is 11.5 Å². The average Bonchev–Trinajstić information content (AvgIpc) is 2.52. The maximum absolute atomic E-state index is 12.1. The van der Waals surface area contributed by atoms with Crippen molar-refractivity contribution in [3.05, 3.63) is 65.2 Å². The molecule has 0 bridgehead atoms. The highest BCUT2D eigenvalue weighted by molar-refractivity contribution is 6.07. The average molecular weight is 282 g/mol. The second kappa shape index (κ2) is 6.75. The lowest BCUT2D eigenvalue weighted by molar-refractivity contribution is 0.104. The molecule has 0 heterocycles. The van der Waals surface area contributed by atoms with Crippen molar-refractivity contribution in [2.45, 2.75) is 6.92 Å². The first-order valence-corrected chi connectivity index (χ1v) is 6.65. The number of hydrogen-bond acceptors (Lipinski definition) is 3. The molecule has 0 aliphatic rings. The van der Waals surface area contributed by atoms with E-state index in [2.05, 4.69) is 0 Å². The zero-order valence-corrected chi connectivity index (χ0v) is 12.4. The third kappa shape index (κ3) is 3.51. The fraction of sp³-hybridized carbons (Fsp3) is 0.167. The molecule has 3 nitrogen and oxygen atoms in total. The largest absolute Gasteiger partial charge is 0.493 e. The molecule has 0 radical (unpaired) electrons. The molecule has 0 aliphatic carbocycles. The van der Waals surface area contributed by atoms with E-state index in [0.29, 0.717) is 17.1 Å². The fourth-order valence-corrected chi connectivity index (χ4v) is 2.02. The minimum Gasteiger partial charge on any atom is -0.493 e. The number of ether oxygens (including phenoxy) is 2. The van der Waals surface area contributed by atoms with Gasteiger partial charge in [-0.25, -0.2) is 0 Å². The standard InChI is InChI=1S/C18H18O3/c1-13-7-9-14(10-8-13)16(19)12-11-15-5-4-6-17(20-2)18(15)21-3/h4-12H,1-3H3/b12-11+. The van der Waals surface area contributed by atoms with E-state index in [0.717, 1.165) is 11.1 Å². The number of allylic oxidation sites excluding steroid dienone is 1. The Labute approximate surface area is 124 Å². The summed E-state index contributed by atoms with van der Waals surface area (Å²) in [4.78, 5) is 12.1. The van der Waals surface area contributed by atoms with E-state index in [1.54, 1.807) is 26.4 Å². The van der Waals surface area contributed by atoms with Crippen LogP contribution in [0.15, 0.2) is 48.5 Å². The van der Waals surface area contributed by atoms with Crippen molar-refractivity contribution < 1.29 is 14.3 Å². The van der Waals surface area contributed by atoms with Gasteiger partial charge in [0.15, 0.2) is 17.3 Å². The van der Waals surface area contributed by atoms with Gasteiger partial charge in [-0.15, -0.1) is 0 Å². The Morgan fingerprint density at radius 2 is 1.71 bits per heavy atom. The number of aryl methyl sites for hydroxylation is 1. The predicted octanol–water partition coefficient (Wildman–Crippen LogP) is 3.91. The van der Waals surface area contributed by atoms with Crippen LogP contribution in [-0.2, 0) is 0 Å². The zero-order chi connectivity index (χ0) is 15.2. The lowest BCUT2D eigenvalue weighted by Crippen LogP contribution is -1.95. The molecule has 0 unspecified atom stereocenters. The van der Waals surface area contributed by atoms with Crippen molar-refractivity contribution in [1.82, 2.24) is 0 Å². The number of methoxy groups -OCH3 is 2. The van der Waals surface area contributed by atoms with Gasteiger partial charge in [0, 0.05) is 11.1 Å². The molecule has 0 aromatic heterocycles. The number of rotatable bonds is 5. The van der Waals surface area contributed by atoms with E-state index in [1.165, 1.54) is 0 Å². The van der Waals surface area contributed by atoms with Crippen molar-refractivity contribution in [2.24, 2.45) is 0 Å². The molecule has 2 aromatic carbocycles. The minimum atomic E-state index is -0.0418. The zero-order valence-electron chi connectivity index (χ0n) is 12.4. The number of carbonyl (C=O) groups is 1. The summed E-state index contributed by atoms with van der Waals surface area (Å²) < 4.78 is 10.6. The van der Waals surface area contributed by atoms with Crippen molar-refractivity contribution >= 4 is 11.9 Å². The topological polar surface area (TPSA) is 35.5 Å². The van der Waals surface area contributed by atoms with Crippen LogP contribution in [0.3, 0.4) is 0 Å². The maximum atomic E-state index is 12.1. The number of hydrogen-bond donors (Lipinski definition) is 0. The Bertz CT molecular complexity index is 655. The number of ketones is 1. The van der Waals surface area contributed by atoms with E-state index in [4.69, 9.17) is 9.47 Å². The highest BCUT2D eigenvalue weighted by Crippen LogP contribution is 2.31. The second-order valence-electron chi connectivity index (χ2n) is 4.65. The highest BCUT2D eigenvalue weighted by atomic mass is 16.5. The second-order valence-corrected chi connectivity index (χ2v) is 4.65. The smallest absolute Gasteiger partial charge is 0.185 e. The maximum Gasteiger partial charge on any atom is 0.185 e. The van der Waals surface area contributed by atoms with Gasteiger partial charge in [-0.3, -0.25) is 4.79 Å². The third-order valence-corrected chi connectivity index (χ3v) is 3.18. The summed E-state index contributed by atoms with van der Waals surface area (Å²) in [6, 6.07) is 13.0. The van der Waals surface area contributed by atoms with Gasteiger partial charge >= 0.3 is 0 Å². The summed E-state index contributed by atoms with van der Waals surface area (Å²) in [5.41, 5.74) is 2.60. The fourth-order valence-electron chi connectivity index (χ4n) is 2.02. The number of carbonyl (C=O) groups excluding carboxylic acids is 1. The number of benzene rings is 2. The van der Waals surface area contributed by atoms with Crippen LogP contribution in [0.4, 0.5) is 0 Å². The van der Waals surface area contributed by atoms with Crippen molar-refractivity contribution in [1.29, 1.82) is 0 Å². The van der Waals surface area contributed by atoms with Gasteiger partial charge in [0.05, 0.1) is 14.2 Å². The molecule has 0 N–H and O–H groups in total. The quantitative estimate of drug-likeness (QED) is 0.616. The van der Waals surface area contributed by atoms with Gasteiger partial charge in [-0.05, 0) is 25.1 Å². The molecule has 0 fully saturated rings. The Hall–Kier alpha value is -2.55. The number of para-hydroxylation sites is 1. The van der Waals surface area contributed by atoms with E-state index in [-0.39, 0.29) is 5.78 Å². The van der Waals surface area contributed by atoms with E-state index in [1.807, 2.05) is 49.4 Å². The molecular weight excluding hydrogens is 264 g/mol. The summed E-state index contributed by atoms with van der Waals surface area (Å²) >= 11 is 0. The molecule has 108 valence electrons. The summed E-state index contributed by atoms with van der Waals surface area (Å²) in [7, 11) is 3.17. The lowest BCUT2D eigenvalue weighted by atomic mass is 10.1. The van der Waals surface area contributed by atoms with Gasteiger partial charge in [0.1, 0.15) is 0 Å². The Morgan fingerprint density at radius 1 is 1.00 bits per heavy atom. The molecule has 21 heavy (non-hydrogen) atoms. The van der Waals surface area contributed by atoms with Crippen LogP contribution in [0, 0.1) is 6.92 Å². The first kappa shape index (κ1) is 14.9.